The maximum atomic E-state index is 10.6. The Hall–Kier alpha value is -5.24. The Balaban J connectivity index is 0.000000360. The molecule has 0 aliphatic carbocycles. The van der Waals surface area contributed by atoms with E-state index in [1.807, 2.05) is 59.3 Å². The Bertz CT molecular complexity index is 1750. The number of hydrogen-bond acceptors (Lipinski definition) is 12. The first kappa shape index (κ1) is 36.2. The van der Waals surface area contributed by atoms with E-state index in [2.05, 4.69) is 20.1 Å². The van der Waals surface area contributed by atoms with Crippen molar-refractivity contribution in [3.63, 3.8) is 0 Å². The number of benzene rings is 2. The largest absolute Gasteiger partial charge is 0.490 e. The minimum absolute atomic E-state index is 0.422. The number of nitrogens with zero attached hydrogens (tertiary/aromatic N) is 4. The summed E-state index contributed by atoms with van der Waals surface area (Å²) in [6.07, 6.45) is -8.84. The van der Waals surface area contributed by atoms with Crippen LogP contribution in [0.2, 0.25) is 0 Å². The number of carbonyl (C=O) groups is 2. The second kappa shape index (κ2) is 15.9. The van der Waals surface area contributed by atoms with Crippen LogP contribution in [0.4, 0.5) is 36.6 Å². The number of rotatable bonds is 8. The number of nitrogens with two attached hydrogens (primary N) is 2. The zero-order valence-electron chi connectivity index (χ0n) is 23.5. The average molecular weight is 705 g/mol. The predicted octanol–water partition coefficient (Wildman–Crippen LogP) is 6.11. The molecule has 2 aromatic carbocycles. The van der Waals surface area contributed by atoms with Crippen molar-refractivity contribution in [3.05, 3.63) is 76.4 Å². The van der Waals surface area contributed by atoms with Crippen molar-refractivity contribution in [1.82, 2.24) is 20.1 Å². The summed E-state index contributed by atoms with van der Waals surface area (Å²) in [4.78, 5) is 30.9. The summed E-state index contributed by atoms with van der Waals surface area (Å²) in [5, 5.41) is 23.3. The Kier molecular flexibility index (Phi) is 12.2. The highest BCUT2D eigenvalue weighted by Crippen LogP contribution is 2.32. The van der Waals surface area contributed by atoms with E-state index in [4.69, 9.17) is 40.5 Å². The third-order valence-electron chi connectivity index (χ3n) is 5.41. The van der Waals surface area contributed by atoms with Crippen molar-refractivity contribution in [2.45, 2.75) is 31.8 Å². The molecule has 3 heterocycles. The van der Waals surface area contributed by atoms with Crippen molar-refractivity contribution in [3.8, 4) is 28.4 Å². The normalized spacial score (nSPS) is 11.1. The minimum Gasteiger partial charge on any atom is -0.488 e. The molecule has 12 nitrogen and oxygen atoms in total. The van der Waals surface area contributed by atoms with E-state index in [9.17, 15) is 26.3 Å². The van der Waals surface area contributed by atoms with Gasteiger partial charge in [0.1, 0.15) is 12.4 Å². The van der Waals surface area contributed by atoms with Crippen LogP contribution >= 0.6 is 22.7 Å². The number of thiazole rings is 2. The molecule has 0 aliphatic heterocycles. The third-order valence-corrected chi connectivity index (χ3v) is 6.81. The van der Waals surface area contributed by atoms with Gasteiger partial charge in [0, 0.05) is 28.3 Å². The molecule has 0 aliphatic rings. The highest BCUT2D eigenvalue weighted by molar-refractivity contribution is 7.14. The van der Waals surface area contributed by atoms with Crippen LogP contribution < -0.4 is 16.2 Å². The highest BCUT2D eigenvalue weighted by atomic mass is 32.1. The fourth-order valence-electron chi connectivity index (χ4n) is 3.27. The summed E-state index contributed by atoms with van der Waals surface area (Å²) in [5.41, 5.74) is 16.0. The summed E-state index contributed by atoms with van der Waals surface area (Å²) in [6.45, 7) is 0.422. The third kappa shape index (κ3) is 11.6. The first-order valence-electron chi connectivity index (χ1n) is 12.7. The van der Waals surface area contributed by atoms with Crippen molar-refractivity contribution in [1.29, 1.82) is 0 Å². The molecular weight excluding hydrogens is 682 g/mol. The average Bonchev–Trinajstić information content (AvgIpc) is 3.76. The first-order valence-corrected chi connectivity index (χ1v) is 14.4. The number of aryl methyl sites for hydroxylation is 2. The van der Waals surface area contributed by atoms with Gasteiger partial charge >= 0.3 is 24.3 Å². The van der Waals surface area contributed by atoms with Crippen molar-refractivity contribution in [2.24, 2.45) is 0 Å². The van der Waals surface area contributed by atoms with Gasteiger partial charge in [0.15, 0.2) is 10.3 Å². The molecule has 250 valence electrons. The standard InChI is InChI=1S/C23H20N6O2S2.2C2HF3O2/c24-22-26-16(12-32-22)9-10-20-28-21(29-31-20)15-7-5-14(6-8-15)11-30-19-4-2-1-3-17(19)18-13-33-23(25)27-18;2*3-2(4,5)1(6)7/h1-8,12-13H,9-11H2,(H2,24,26)(H2,25,27);2*(H,6,7). The van der Waals surface area contributed by atoms with Gasteiger partial charge in [-0.1, -0.05) is 41.6 Å². The second-order valence-corrected chi connectivity index (χ2v) is 10.6. The molecule has 0 fully saturated rings. The summed E-state index contributed by atoms with van der Waals surface area (Å²) in [7, 11) is 0. The Morgan fingerprint density at radius 1 is 0.809 bits per heavy atom. The van der Waals surface area contributed by atoms with E-state index in [0.29, 0.717) is 41.4 Å². The van der Waals surface area contributed by atoms with Crippen LogP contribution in [0, 0.1) is 0 Å². The molecule has 3 aromatic heterocycles. The zero-order valence-corrected chi connectivity index (χ0v) is 25.1. The Labute approximate surface area is 268 Å². The number of carboxylic acid groups (broad SMARTS) is 2. The molecule has 5 rings (SSSR count). The molecule has 5 aromatic rings. The minimum atomic E-state index is -5.08. The number of hydrogen-bond donors (Lipinski definition) is 4. The lowest BCUT2D eigenvalue weighted by atomic mass is 10.1. The zero-order chi connectivity index (χ0) is 34.8. The second-order valence-electron chi connectivity index (χ2n) is 8.85. The molecule has 0 saturated carbocycles. The molecule has 0 radical (unpaired) electrons. The van der Waals surface area contributed by atoms with Crippen LogP contribution in [0.5, 0.6) is 5.75 Å². The van der Waals surface area contributed by atoms with Gasteiger partial charge in [-0.2, -0.15) is 31.3 Å². The number of anilines is 2. The molecule has 47 heavy (non-hydrogen) atoms. The van der Waals surface area contributed by atoms with E-state index >= 15 is 0 Å². The number of aromatic nitrogens is 4. The van der Waals surface area contributed by atoms with Crippen LogP contribution in [0.25, 0.3) is 22.6 Å². The lowest BCUT2D eigenvalue weighted by Gasteiger charge is -2.10. The molecular formula is C27H22F6N6O6S2. The first-order chi connectivity index (χ1) is 22.0. The van der Waals surface area contributed by atoms with Gasteiger partial charge in [0.25, 0.3) is 0 Å². The van der Waals surface area contributed by atoms with E-state index in [0.717, 1.165) is 33.8 Å². The van der Waals surface area contributed by atoms with Crippen molar-refractivity contribution in [2.75, 3.05) is 11.5 Å². The van der Waals surface area contributed by atoms with Crippen LogP contribution in [0.1, 0.15) is 17.1 Å². The van der Waals surface area contributed by atoms with Crippen LogP contribution in [-0.2, 0) is 29.0 Å². The SMILES string of the molecule is Nc1nc(CCc2nc(-c3ccc(COc4ccccc4-c4csc(N)n4)cc3)no2)cs1.O=C(O)C(F)(F)F.O=C(O)C(F)(F)F. The van der Waals surface area contributed by atoms with Crippen molar-refractivity contribution >= 4 is 44.9 Å². The smallest absolute Gasteiger partial charge is 0.488 e. The summed E-state index contributed by atoms with van der Waals surface area (Å²) in [5.74, 6) is -3.62. The highest BCUT2D eigenvalue weighted by Gasteiger charge is 2.38. The lowest BCUT2D eigenvalue weighted by molar-refractivity contribution is -0.193. The number of nitrogen functional groups attached to an aromatic ring is 2. The maximum Gasteiger partial charge on any atom is 0.490 e. The van der Waals surface area contributed by atoms with Crippen LogP contribution in [-0.4, -0.2) is 54.6 Å². The van der Waals surface area contributed by atoms with Gasteiger partial charge in [-0.25, -0.2) is 19.6 Å². The molecule has 0 saturated heterocycles. The number of aliphatic carboxylic acids is 2. The van der Waals surface area contributed by atoms with E-state index in [1.54, 1.807) is 0 Å². The van der Waals surface area contributed by atoms with E-state index in [1.165, 1.54) is 22.7 Å². The Morgan fingerprint density at radius 3 is 1.91 bits per heavy atom. The number of halogens is 6. The van der Waals surface area contributed by atoms with E-state index in [-0.39, 0.29) is 0 Å². The summed E-state index contributed by atoms with van der Waals surface area (Å²) < 4.78 is 74.9. The predicted molar refractivity (Wildman–Crippen MR) is 157 cm³/mol. The quantitative estimate of drug-likeness (QED) is 0.135. The summed E-state index contributed by atoms with van der Waals surface area (Å²) in [6, 6.07) is 15.7. The van der Waals surface area contributed by atoms with Crippen molar-refractivity contribution < 1.29 is 55.4 Å². The molecule has 0 atom stereocenters. The molecule has 0 bridgehead atoms. The molecule has 0 unspecified atom stereocenters. The Morgan fingerprint density at radius 2 is 1.38 bits per heavy atom. The molecule has 0 spiro atoms. The summed E-state index contributed by atoms with van der Waals surface area (Å²) >= 11 is 2.84. The maximum absolute atomic E-state index is 10.6. The lowest BCUT2D eigenvalue weighted by Crippen LogP contribution is -2.21. The molecule has 6 N–H and O–H groups in total. The number of ether oxygens (including phenoxy) is 1. The van der Waals surface area contributed by atoms with Crippen LogP contribution in [0.3, 0.4) is 0 Å². The number of alkyl halides is 6. The fourth-order valence-corrected chi connectivity index (χ4v) is 4.43. The van der Waals surface area contributed by atoms with Gasteiger partial charge in [0.2, 0.25) is 11.7 Å². The topological polar surface area (TPSA) is 201 Å². The van der Waals surface area contributed by atoms with Gasteiger partial charge in [0.05, 0.1) is 11.4 Å². The van der Waals surface area contributed by atoms with Gasteiger partial charge in [-0.05, 0) is 24.1 Å². The monoisotopic (exact) mass is 704 g/mol. The molecule has 0 amide bonds. The van der Waals surface area contributed by atoms with Gasteiger partial charge in [-0.3, -0.25) is 0 Å². The number of para-hydroxylation sites is 1. The molecule has 20 heteroatoms. The van der Waals surface area contributed by atoms with Gasteiger partial charge in [-0.15, -0.1) is 22.7 Å². The van der Waals surface area contributed by atoms with E-state index < -0.39 is 24.3 Å². The van der Waals surface area contributed by atoms with Gasteiger partial charge < -0.3 is 30.9 Å². The number of carboxylic acids is 2. The fraction of sp³-hybridized carbons (Fsp3) is 0.185. The van der Waals surface area contributed by atoms with Crippen LogP contribution in [0.15, 0.2) is 63.8 Å².